The Morgan fingerprint density at radius 3 is 2.31 bits per heavy atom. The lowest BCUT2D eigenvalue weighted by atomic mass is 9.89. The number of carbonyl (C=O) groups is 2. The number of aromatic nitrogens is 5. The number of amides is 2. The molecule has 2 aliphatic heterocycles. The van der Waals surface area contributed by atoms with E-state index in [0.717, 1.165) is 10.9 Å². The summed E-state index contributed by atoms with van der Waals surface area (Å²) in [6.07, 6.45) is -0.779. The quantitative estimate of drug-likeness (QED) is 0.127. The van der Waals surface area contributed by atoms with Gasteiger partial charge in [0.2, 0.25) is 10.0 Å². The van der Waals surface area contributed by atoms with Gasteiger partial charge >= 0.3 is 6.18 Å². The molecule has 2 aliphatic rings. The molecule has 252 valence electrons. The summed E-state index contributed by atoms with van der Waals surface area (Å²) < 4.78 is 73.8. The van der Waals surface area contributed by atoms with Crippen LogP contribution in [0, 0.1) is 11.3 Å². The van der Waals surface area contributed by atoms with Gasteiger partial charge in [-0.2, -0.15) is 27.8 Å². The van der Waals surface area contributed by atoms with Crippen LogP contribution in [0.2, 0.25) is 25.7 Å². The minimum atomic E-state index is -4.96. The Morgan fingerprint density at radius 2 is 1.71 bits per heavy atom. The first-order valence-corrected chi connectivity index (χ1v) is 20.2. The summed E-state index contributed by atoms with van der Waals surface area (Å²) in [5.74, 6) is -3.49. The van der Waals surface area contributed by atoms with Crippen molar-refractivity contribution < 1.29 is 35.9 Å². The van der Waals surface area contributed by atoms with Crippen LogP contribution in [0.5, 0.6) is 0 Å². The van der Waals surface area contributed by atoms with Gasteiger partial charge in [-0.15, -0.1) is 0 Å². The number of hydrogen-bond donors (Lipinski definition) is 0. The van der Waals surface area contributed by atoms with Gasteiger partial charge in [0.25, 0.3) is 11.8 Å². The molecule has 2 amide bonds. The Balaban J connectivity index is 1.43. The van der Waals surface area contributed by atoms with Crippen LogP contribution in [0.1, 0.15) is 27.1 Å². The summed E-state index contributed by atoms with van der Waals surface area (Å²) in [6, 6.07) is 10.9. The van der Waals surface area contributed by atoms with Crippen molar-refractivity contribution >= 4 is 46.8 Å². The second kappa shape index (κ2) is 11.9. The molecule has 0 aliphatic carbocycles. The SMILES string of the molecule is C[Si](C)(C)CCOCn1ccc2c(-c3cn(C4(CC#N)CN(S(=O)(=O)CC(F)(F)F)C4)nc3N3C(=O)c4ccccc4C3=O)ncnc21. The summed E-state index contributed by atoms with van der Waals surface area (Å²) in [5.41, 5.74) is -0.111. The van der Waals surface area contributed by atoms with Crippen molar-refractivity contribution in [2.75, 3.05) is 30.3 Å². The Bertz CT molecular complexity index is 2040. The highest BCUT2D eigenvalue weighted by Gasteiger charge is 2.53. The molecule has 13 nitrogen and oxygen atoms in total. The van der Waals surface area contributed by atoms with Crippen molar-refractivity contribution in [1.29, 1.82) is 5.26 Å². The maximum Gasteiger partial charge on any atom is 0.404 e. The highest BCUT2D eigenvalue weighted by Crippen LogP contribution is 2.42. The van der Waals surface area contributed by atoms with Crippen molar-refractivity contribution in [2.24, 2.45) is 0 Å². The molecule has 0 atom stereocenters. The number of alkyl halides is 3. The van der Waals surface area contributed by atoms with Gasteiger partial charge in [-0.3, -0.25) is 14.3 Å². The predicted octanol–water partition coefficient (Wildman–Crippen LogP) is 4.22. The van der Waals surface area contributed by atoms with Gasteiger partial charge in [0, 0.05) is 45.6 Å². The number of hydrogen-bond acceptors (Lipinski definition) is 9. The van der Waals surface area contributed by atoms with E-state index in [9.17, 15) is 36.4 Å². The molecule has 1 aromatic carbocycles. The zero-order chi connectivity index (χ0) is 34.6. The van der Waals surface area contributed by atoms with Gasteiger partial charge in [0.15, 0.2) is 11.6 Å². The van der Waals surface area contributed by atoms with Gasteiger partial charge in [-0.25, -0.2) is 23.3 Å². The van der Waals surface area contributed by atoms with E-state index < -0.39 is 60.5 Å². The van der Waals surface area contributed by atoms with Crippen LogP contribution in [-0.2, 0) is 27.0 Å². The monoisotopic (exact) mass is 700 g/mol. The molecule has 0 radical (unpaired) electrons. The van der Waals surface area contributed by atoms with Crippen LogP contribution in [-0.4, -0.2) is 88.6 Å². The molecule has 4 aromatic rings. The minimum Gasteiger partial charge on any atom is -0.361 e. The van der Waals surface area contributed by atoms with E-state index in [1.54, 1.807) is 29.0 Å². The molecule has 0 spiro atoms. The molecular formula is C30H31F3N8O5SSi. The lowest BCUT2D eigenvalue weighted by Crippen LogP contribution is -2.65. The topological polar surface area (TPSA) is 156 Å². The first kappa shape index (κ1) is 33.5. The fourth-order valence-corrected chi connectivity index (χ4v) is 8.00. The number of halogens is 3. The predicted molar refractivity (Wildman–Crippen MR) is 170 cm³/mol. The highest BCUT2D eigenvalue weighted by molar-refractivity contribution is 7.89. The summed E-state index contributed by atoms with van der Waals surface area (Å²) in [5, 5.41) is 14.8. The van der Waals surface area contributed by atoms with Crippen molar-refractivity contribution in [2.45, 2.75) is 50.6 Å². The fourth-order valence-electron chi connectivity index (χ4n) is 5.78. The highest BCUT2D eigenvalue weighted by atomic mass is 32.2. The molecule has 5 heterocycles. The van der Waals surface area contributed by atoms with E-state index >= 15 is 0 Å². The summed E-state index contributed by atoms with van der Waals surface area (Å²) in [6.45, 7) is 6.56. The molecule has 1 fully saturated rings. The van der Waals surface area contributed by atoms with E-state index in [4.69, 9.17) is 4.74 Å². The third-order valence-corrected chi connectivity index (χ3v) is 11.8. The molecule has 0 N–H and O–H groups in total. The molecule has 18 heteroatoms. The van der Waals surface area contributed by atoms with Crippen molar-refractivity contribution in [3.8, 4) is 17.3 Å². The number of benzene rings is 1. The van der Waals surface area contributed by atoms with E-state index in [1.165, 1.54) is 29.3 Å². The third kappa shape index (κ3) is 6.13. The average Bonchev–Trinajstić information content (AvgIpc) is 3.66. The molecular weight excluding hydrogens is 670 g/mol. The molecule has 6 rings (SSSR count). The maximum atomic E-state index is 13.6. The first-order chi connectivity index (χ1) is 22.5. The van der Waals surface area contributed by atoms with E-state index in [-0.39, 0.29) is 41.4 Å². The van der Waals surface area contributed by atoms with E-state index in [1.807, 2.05) is 6.07 Å². The number of ether oxygens (including phenoxy) is 1. The summed E-state index contributed by atoms with van der Waals surface area (Å²) >= 11 is 0. The standard InChI is InChI=1S/C30H31F3N8O5SSi/c1-48(2,3)13-12-46-19-38-11-8-22-24(35-18-36-25(22)38)23-14-40(29(9-10-34)15-39(16-29)47(44,45)17-30(31,32)33)37-26(23)41-27(42)20-6-4-5-7-21(20)28(41)43/h4-8,11,14,18H,9,12-13,15-17,19H2,1-3H3. The molecule has 0 saturated carbocycles. The number of nitrogens with zero attached hydrogens (tertiary/aromatic N) is 8. The zero-order valence-electron chi connectivity index (χ0n) is 26.2. The zero-order valence-corrected chi connectivity index (χ0v) is 28.0. The maximum absolute atomic E-state index is 13.6. The Kier molecular flexibility index (Phi) is 8.30. The van der Waals surface area contributed by atoms with Crippen LogP contribution < -0.4 is 4.90 Å². The molecule has 1 saturated heterocycles. The molecule has 3 aromatic heterocycles. The van der Waals surface area contributed by atoms with E-state index in [2.05, 4.69) is 34.7 Å². The minimum absolute atomic E-state index is 0.130. The Hall–Kier alpha value is -4.44. The summed E-state index contributed by atoms with van der Waals surface area (Å²) in [4.78, 5) is 37.0. The average molecular weight is 701 g/mol. The van der Waals surface area contributed by atoms with Crippen molar-refractivity contribution in [3.05, 3.63) is 60.2 Å². The number of sulfonamides is 1. The van der Waals surface area contributed by atoms with Gasteiger partial charge in [-0.1, -0.05) is 31.8 Å². The fraction of sp³-hybridized carbons (Fsp3) is 0.400. The van der Waals surface area contributed by atoms with Crippen LogP contribution in [0.3, 0.4) is 0 Å². The van der Waals surface area contributed by atoms with Crippen LogP contribution in [0.25, 0.3) is 22.3 Å². The normalized spacial score (nSPS) is 16.7. The summed E-state index contributed by atoms with van der Waals surface area (Å²) in [7, 11) is -6.06. The van der Waals surface area contributed by atoms with Gasteiger partial charge in [-0.05, 0) is 24.2 Å². The number of rotatable bonds is 11. The number of nitriles is 1. The molecule has 0 unspecified atom stereocenters. The molecule has 48 heavy (non-hydrogen) atoms. The van der Waals surface area contributed by atoms with E-state index in [0.29, 0.717) is 21.9 Å². The largest absolute Gasteiger partial charge is 0.404 e. The van der Waals surface area contributed by atoms with Crippen LogP contribution in [0.15, 0.2) is 49.1 Å². The van der Waals surface area contributed by atoms with Crippen LogP contribution >= 0.6 is 0 Å². The van der Waals surface area contributed by atoms with Gasteiger partial charge in [0.1, 0.15) is 24.2 Å². The number of anilines is 1. The van der Waals surface area contributed by atoms with Crippen molar-refractivity contribution in [1.82, 2.24) is 28.6 Å². The van der Waals surface area contributed by atoms with Crippen molar-refractivity contribution in [3.63, 3.8) is 0 Å². The van der Waals surface area contributed by atoms with Crippen LogP contribution in [0.4, 0.5) is 19.0 Å². The number of fused-ring (bicyclic) bond motifs is 2. The Morgan fingerprint density at radius 1 is 1.04 bits per heavy atom. The first-order valence-electron chi connectivity index (χ1n) is 14.9. The molecule has 0 bridgehead atoms. The van der Waals surface area contributed by atoms with Gasteiger partial charge < -0.3 is 9.30 Å². The lowest BCUT2D eigenvalue weighted by molar-refractivity contribution is -0.107. The number of carbonyl (C=O) groups excluding carboxylic acids is 2. The van der Waals surface area contributed by atoms with Gasteiger partial charge in [0.05, 0.1) is 34.9 Å². The number of imide groups is 1. The second-order valence-corrected chi connectivity index (χ2v) is 20.7. The lowest BCUT2D eigenvalue weighted by Gasteiger charge is -2.47. The Labute approximate surface area is 274 Å². The third-order valence-electron chi connectivity index (χ3n) is 8.31. The smallest absolute Gasteiger partial charge is 0.361 e. The second-order valence-electron chi connectivity index (χ2n) is 13.1.